The van der Waals surface area contributed by atoms with Gasteiger partial charge in [-0.05, 0) is 25.0 Å². The van der Waals surface area contributed by atoms with Crippen molar-refractivity contribution in [1.82, 2.24) is 0 Å². The van der Waals surface area contributed by atoms with Gasteiger partial charge in [0.05, 0.1) is 11.9 Å². The van der Waals surface area contributed by atoms with Gasteiger partial charge in [-0.25, -0.2) is 0 Å². The van der Waals surface area contributed by atoms with Crippen molar-refractivity contribution in [2.45, 2.75) is 13.8 Å². The Morgan fingerprint density at radius 3 is 1.18 bits per heavy atom. The summed E-state index contributed by atoms with van der Waals surface area (Å²) in [5, 5.41) is 20.0. The molecule has 0 aliphatic heterocycles. The number of carboxylic acid groups (broad SMARTS) is 2. The maximum Gasteiger partial charge on any atom is 2.00 e. The van der Waals surface area contributed by atoms with Crippen molar-refractivity contribution in [2.24, 2.45) is 0 Å². The average molecular weight is 230 g/mol. The molecule has 0 amide bonds. The van der Waals surface area contributed by atoms with E-state index in [0.29, 0.717) is 0 Å². The van der Waals surface area contributed by atoms with Gasteiger partial charge in [0.2, 0.25) is 0 Å². The van der Waals surface area contributed by atoms with E-state index in [0.717, 1.165) is 13.8 Å². The fourth-order valence-corrected chi connectivity index (χ4v) is 0.306. The molecule has 0 fully saturated rings. The second-order valence-electron chi connectivity index (χ2n) is 1.82. The minimum Gasteiger partial charge on any atom is -0.545 e. The maximum absolute atomic E-state index is 9.99. The molecule has 0 aromatic carbocycles. The van der Waals surface area contributed by atoms with Crippen LogP contribution in [0.1, 0.15) is 13.8 Å². The molecule has 0 radical (unpaired) electrons. The zero-order valence-electron chi connectivity index (χ0n) is 6.34. The Kier molecular flexibility index (Phi) is 7.20. The number of rotatable bonds is 2. The van der Waals surface area contributed by atoms with Gasteiger partial charge < -0.3 is 19.8 Å². The molecule has 4 nitrogen and oxygen atoms in total. The Hall–Kier alpha value is 0.161. The molecule has 0 saturated heterocycles. The van der Waals surface area contributed by atoms with Gasteiger partial charge >= 0.3 is 45.5 Å². The quantitative estimate of drug-likeness (QED) is 0.386. The van der Waals surface area contributed by atoms with Gasteiger partial charge in [-0.15, -0.1) is 0 Å². The van der Waals surface area contributed by atoms with E-state index in [1.165, 1.54) is 0 Å². The van der Waals surface area contributed by atoms with Crippen molar-refractivity contribution in [1.29, 1.82) is 0 Å². The second-order valence-corrected chi connectivity index (χ2v) is 1.82. The van der Waals surface area contributed by atoms with Crippen LogP contribution < -0.4 is 10.2 Å². The summed E-state index contributed by atoms with van der Waals surface area (Å²) in [5.74, 6) is -2.97. The van der Waals surface area contributed by atoms with Crippen molar-refractivity contribution in [3.8, 4) is 0 Å². The molecule has 5 heteroatoms. The fraction of sp³-hybridized carbons (Fsp3) is 0.333. The van der Waals surface area contributed by atoms with Crippen LogP contribution in [0.3, 0.4) is 0 Å². The molecule has 0 saturated carbocycles. The summed E-state index contributed by atoms with van der Waals surface area (Å²) in [6.07, 6.45) is 0. The second kappa shape index (κ2) is 5.77. The van der Waals surface area contributed by atoms with Crippen LogP contribution >= 0.6 is 0 Å². The third-order valence-corrected chi connectivity index (χ3v) is 1.17. The van der Waals surface area contributed by atoms with Crippen LogP contribution in [0.15, 0.2) is 11.1 Å². The minimum absolute atomic E-state index is 0. The number of carbonyl (C=O) groups is 2. The monoisotopic (exact) mass is 230 g/mol. The van der Waals surface area contributed by atoms with Crippen molar-refractivity contribution >= 4 is 57.4 Å². The number of hydrogen-bond acceptors (Lipinski definition) is 4. The zero-order valence-corrected chi connectivity index (χ0v) is 9.82. The van der Waals surface area contributed by atoms with Crippen LogP contribution in [0, 0.1) is 0 Å². The van der Waals surface area contributed by atoms with E-state index in [2.05, 4.69) is 0 Å². The van der Waals surface area contributed by atoms with Gasteiger partial charge in [0.1, 0.15) is 0 Å². The summed E-state index contributed by atoms with van der Waals surface area (Å²) in [6, 6.07) is 0. The molecule has 0 rings (SSSR count). The van der Waals surface area contributed by atoms with E-state index in [4.69, 9.17) is 0 Å². The summed E-state index contributed by atoms with van der Waals surface area (Å²) in [4.78, 5) is 20.0. The van der Waals surface area contributed by atoms with Crippen molar-refractivity contribution in [2.75, 3.05) is 0 Å². The topological polar surface area (TPSA) is 80.3 Å². The third-order valence-electron chi connectivity index (χ3n) is 1.17. The van der Waals surface area contributed by atoms with Crippen LogP contribution in [-0.4, -0.2) is 57.4 Å². The van der Waals surface area contributed by atoms with Crippen LogP contribution in [0.2, 0.25) is 0 Å². The zero-order chi connectivity index (χ0) is 8.31. The number of aliphatic carboxylic acids is 2. The van der Waals surface area contributed by atoms with E-state index >= 15 is 0 Å². The molecule has 0 aliphatic rings. The third kappa shape index (κ3) is 4.58. The fourth-order valence-electron chi connectivity index (χ4n) is 0.306. The molecule has 0 N–H and O–H groups in total. The first-order chi connectivity index (χ1) is 4.46. The first-order valence-electron chi connectivity index (χ1n) is 2.57. The van der Waals surface area contributed by atoms with E-state index in [1.54, 1.807) is 0 Å². The number of hydrogen-bond donors (Lipinski definition) is 0. The summed E-state index contributed by atoms with van der Waals surface area (Å²) >= 11 is 0. The Morgan fingerprint density at radius 2 is 1.09 bits per heavy atom. The Balaban J connectivity index is 0. The molecular formula is C6H6O4Sr. The van der Waals surface area contributed by atoms with Gasteiger partial charge in [-0.2, -0.15) is 0 Å². The standard InChI is InChI=1S/C6H8O4.Sr/c1-3(5(7)8)4(2)6(9)10;/h1-2H3,(H,7,8)(H,9,10);/q;+2/p-2/b4-3-;. The van der Waals surface area contributed by atoms with Gasteiger partial charge in [0, 0.05) is 0 Å². The van der Waals surface area contributed by atoms with Crippen molar-refractivity contribution in [3.63, 3.8) is 0 Å². The van der Waals surface area contributed by atoms with Gasteiger partial charge in [-0.3, -0.25) is 0 Å². The molecule has 0 bridgehead atoms. The summed E-state index contributed by atoms with van der Waals surface area (Å²) in [5.41, 5.74) is -0.611. The summed E-state index contributed by atoms with van der Waals surface area (Å²) in [7, 11) is 0. The molecule has 0 unspecified atom stereocenters. The number of carboxylic acids is 2. The summed E-state index contributed by atoms with van der Waals surface area (Å²) in [6.45, 7) is 2.31. The predicted octanol–water partition coefficient (Wildman–Crippen LogP) is -2.56. The molecule has 0 atom stereocenters. The van der Waals surface area contributed by atoms with Crippen molar-refractivity contribution in [3.05, 3.63) is 11.1 Å². The Morgan fingerprint density at radius 1 is 0.909 bits per heavy atom. The van der Waals surface area contributed by atoms with Gasteiger partial charge in [0.25, 0.3) is 0 Å². The van der Waals surface area contributed by atoms with E-state index in [1.807, 2.05) is 0 Å². The van der Waals surface area contributed by atoms with Gasteiger partial charge in [0.15, 0.2) is 0 Å². The van der Waals surface area contributed by atoms with Crippen LogP contribution in [0.5, 0.6) is 0 Å². The van der Waals surface area contributed by atoms with E-state index in [-0.39, 0.29) is 56.6 Å². The Bertz CT molecular complexity index is 185. The molecular weight excluding hydrogens is 224 g/mol. The van der Waals surface area contributed by atoms with Crippen LogP contribution in [-0.2, 0) is 9.59 Å². The smallest absolute Gasteiger partial charge is 0.545 e. The SMILES string of the molecule is C/C(C(=O)[O-])=C(\C)C(=O)[O-].[Sr+2]. The van der Waals surface area contributed by atoms with Gasteiger partial charge in [-0.1, -0.05) is 0 Å². The molecule has 56 valence electrons. The van der Waals surface area contributed by atoms with E-state index < -0.39 is 11.9 Å². The van der Waals surface area contributed by atoms with Crippen molar-refractivity contribution < 1.29 is 19.8 Å². The molecule has 11 heavy (non-hydrogen) atoms. The number of carbonyl (C=O) groups excluding carboxylic acids is 2. The maximum atomic E-state index is 9.99. The largest absolute Gasteiger partial charge is 2.00 e. The molecule has 0 spiro atoms. The normalized spacial score (nSPS) is 11.1. The van der Waals surface area contributed by atoms with Crippen LogP contribution in [0.4, 0.5) is 0 Å². The van der Waals surface area contributed by atoms with Crippen LogP contribution in [0.25, 0.3) is 0 Å². The molecule has 0 aromatic heterocycles. The molecule has 0 heterocycles. The predicted molar refractivity (Wildman–Crippen MR) is 34.1 cm³/mol. The summed E-state index contributed by atoms with van der Waals surface area (Å²) < 4.78 is 0. The average Bonchev–Trinajstić information content (AvgIpc) is 1.84. The molecule has 0 aliphatic carbocycles. The molecule has 0 aromatic rings. The minimum atomic E-state index is -1.48. The first-order valence-corrected chi connectivity index (χ1v) is 2.57. The first kappa shape index (κ1) is 13.7. The Labute approximate surface area is 101 Å². The van der Waals surface area contributed by atoms with E-state index in [9.17, 15) is 19.8 Å².